The number of anilines is 1. The summed E-state index contributed by atoms with van der Waals surface area (Å²) in [4.78, 5) is 25.9. The zero-order chi connectivity index (χ0) is 23.8. The van der Waals surface area contributed by atoms with Crippen LogP contribution in [-0.2, 0) is 17.5 Å². The largest absolute Gasteiger partial charge is 0.418 e. The number of hydrogen-bond acceptors (Lipinski definition) is 4. The number of carbonyl (C=O) groups is 1. The Morgan fingerprint density at radius 3 is 2.39 bits per heavy atom. The van der Waals surface area contributed by atoms with Crippen molar-refractivity contribution in [3.63, 3.8) is 0 Å². The third kappa shape index (κ3) is 4.36. The van der Waals surface area contributed by atoms with Gasteiger partial charge < -0.3 is 5.32 Å². The molecule has 0 radical (unpaired) electrons. The lowest BCUT2D eigenvalue weighted by Gasteiger charge is -2.15. The van der Waals surface area contributed by atoms with Crippen LogP contribution in [0.4, 0.5) is 18.9 Å². The molecule has 2 aromatic carbocycles. The van der Waals surface area contributed by atoms with Crippen LogP contribution in [0.15, 0.2) is 65.6 Å². The summed E-state index contributed by atoms with van der Waals surface area (Å²) in [5.74, 6) is -0.900. The lowest BCUT2D eigenvalue weighted by molar-refractivity contribution is -0.137. The Kier molecular flexibility index (Phi) is 5.75. The van der Waals surface area contributed by atoms with Crippen molar-refractivity contribution in [2.75, 3.05) is 5.32 Å². The highest BCUT2D eigenvalue weighted by atomic mass is 19.4. The maximum atomic E-state index is 13.3. The summed E-state index contributed by atoms with van der Waals surface area (Å²) in [6.45, 7) is 3.22. The van der Waals surface area contributed by atoms with Crippen LogP contribution >= 0.6 is 0 Å². The first-order chi connectivity index (χ1) is 15.7. The van der Waals surface area contributed by atoms with Gasteiger partial charge in [-0.3, -0.25) is 9.59 Å². The molecule has 0 atom stereocenters. The van der Waals surface area contributed by atoms with Gasteiger partial charge in [0.25, 0.3) is 5.56 Å². The number of alkyl halides is 3. The van der Waals surface area contributed by atoms with E-state index in [0.717, 1.165) is 16.8 Å². The quantitative estimate of drug-likeness (QED) is 0.485. The van der Waals surface area contributed by atoms with Crippen LogP contribution in [0.2, 0.25) is 0 Å². The Morgan fingerprint density at radius 2 is 1.73 bits per heavy atom. The lowest BCUT2D eigenvalue weighted by atomic mass is 10.1. The number of nitrogens with zero attached hydrogens (tertiary/aromatic N) is 4. The molecule has 1 N–H and O–H groups in total. The minimum absolute atomic E-state index is 0.0956. The normalized spacial score (nSPS) is 11.8. The van der Waals surface area contributed by atoms with Gasteiger partial charge in [-0.25, -0.2) is 9.36 Å². The SMILES string of the molecule is CC(C)c1nn(CC(=O)Nc2ccccc2C(F)(F)F)c(=O)c2c1cnn2-c1ccccc1. The summed E-state index contributed by atoms with van der Waals surface area (Å²) in [5, 5.41) is 11.5. The number of carbonyl (C=O) groups excluding carboxylic acids is 1. The summed E-state index contributed by atoms with van der Waals surface area (Å²) in [7, 11) is 0. The van der Waals surface area contributed by atoms with Crippen LogP contribution in [0.3, 0.4) is 0 Å². The second-order valence-electron chi connectivity index (χ2n) is 7.75. The van der Waals surface area contributed by atoms with Crippen LogP contribution in [-0.4, -0.2) is 25.5 Å². The first-order valence-corrected chi connectivity index (χ1v) is 10.2. The van der Waals surface area contributed by atoms with E-state index in [9.17, 15) is 22.8 Å². The number of benzene rings is 2. The average Bonchev–Trinajstić information content (AvgIpc) is 3.21. The first kappa shape index (κ1) is 22.3. The van der Waals surface area contributed by atoms with E-state index in [0.29, 0.717) is 16.8 Å². The fraction of sp³-hybridized carbons (Fsp3) is 0.217. The zero-order valence-corrected chi connectivity index (χ0v) is 17.8. The number of nitrogens with one attached hydrogen (secondary N) is 1. The summed E-state index contributed by atoms with van der Waals surface area (Å²) in [5.41, 5.74) is -0.490. The molecule has 0 aliphatic carbocycles. The summed E-state index contributed by atoms with van der Waals surface area (Å²) >= 11 is 0. The average molecular weight is 455 g/mol. The van der Waals surface area contributed by atoms with Crippen LogP contribution in [0.25, 0.3) is 16.6 Å². The Hall–Kier alpha value is -3.95. The van der Waals surface area contributed by atoms with E-state index >= 15 is 0 Å². The molecule has 4 aromatic rings. The number of fused-ring (bicyclic) bond motifs is 1. The van der Waals surface area contributed by atoms with Crippen molar-refractivity contribution in [1.29, 1.82) is 0 Å². The topological polar surface area (TPSA) is 81.8 Å². The molecule has 2 aromatic heterocycles. The van der Waals surface area contributed by atoms with Crippen LogP contribution in [0, 0.1) is 0 Å². The molecule has 0 saturated heterocycles. The van der Waals surface area contributed by atoms with Crippen molar-refractivity contribution in [3.8, 4) is 5.69 Å². The number of para-hydroxylation sites is 2. The predicted molar refractivity (Wildman–Crippen MR) is 117 cm³/mol. The zero-order valence-electron chi connectivity index (χ0n) is 17.8. The van der Waals surface area contributed by atoms with E-state index in [1.165, 1.54) is 16.8 Å². The van der Waals surface area contributed by atoms with Gasteiger partial charge in [-0.1, -0.05) is 44.2 Å². The molecule has 0 aliphatic heterocycles. The van der Waals surface area contributed by atoms with Crippen molar-refractivity contribution < 1.29 is 18.0 Å². The molecule has 1 amide bonds. The van der Waals surface area contributed by atoms with Crippen LogP contribution < -0.4 is 10.9 Å². The van der Waals surface area contributed by atoms with Crippen LogP contribution in [0.5, 0.6) is 0 Å². The number of hydrogen-bond donors (Lipinski definition) is 1. The Balaban J connectivity index is 1.75. The van der Waals surface area contributed by atoms with Gasteiger partial charge in [-0.15, -0.1) is 0 Å². The molecule has 10 heteroatoms. The van der Waals surface area contributed by atoms with Crippen molar-refractivity contribution in [2.24, 2.45) is 0 Å². The first-order valence-electron chi connectivity index (χ1n) is 10.2. The molecule has 33 heavy (non-hydrogen) atoms. The summed E-state index contributed by atoms with van der Waals surface area (Å²) in [6, 6.07) is 13.7. The monoisotopic (exact) mass is 455 g/mol. The van der Waals surface area contributed by atoms with E-state index < -0.39 is 29.8 Å². The number of halogens is 3. The molecular weight excluding hydrogens is 435 g/mol. The molecule has 0 aliphatic rings. The smallest absolute Gasteiger partial charge is 0.324 e. The van der Waals surface area contributed by atoms with Gasteiger partial charge in [-0.2, -0.15) is 23.4 Å². The molecule has 4 rings (SSSR count). The maximum Gasteiger partial charge on any atom is 0.418 e. The van der Waals surface area contributed by atoms with Gasteiger partial charge >= 0.3 is 6.18 Å². The highest BCUT2D eigenvalue weighted by molar-refractivity contribution is 5.91. The number of amides is 1. The van der Waals surface area contributed by atoms with E-state index in [-0.39, 0.29) is 17.1 Å². The molecule has 0 saturated carbocycles. The molecule has 0 fully saturated rings. The molecule has 0 bridgehead atoms. The van der Waals surface area contributed by atoms with Crippen LogP contribution in [0.1, 0.15) is 31.0 Å². The molecule has 0 spiro atoms. The standard InChI is InChI=1S/C23H20F3N5O2/c1-14(2)20-16-12-27-31(15-8-4-3-5-9-15)21(16)22(33)30(29-20)13-19(32)28-18-11-7-6-10-17(18)23(24,25)26/h3-12,14H,13H2,1-2H3,(H,28,32). The summed E-state index contributed by atoms with van der Waals surface area (Å²) < 4.78 is 42.2. The minimum Gasteiger partial charge on any atom is -0.324 e. The van der Waals surface area contributed by atoms with E-state index in [4.69, 9.17) is 0 Å². The molecular formula is C23H20F3N5O2. The third-order valence-corrected chi connectivity index (χ3v) is 5.06. The van der Waals surface area contributed by atoms with Gasteiger partial charge in [0, 0.05) is 5.39 Å². The Morgan fingerprint density at radius 1 is 1.06 bits per heavy atom. The van der Waals surface area contributed by atoms with Gasteiger partial charge in [-0.05, 0) is 30.2 Å². The maximum absolute atomic E-state index is 13.3. The Bertz CT molecular complexity index is 1370. The van der Waals surface area contributed by atoms with Crippen molar-refractivity contribution in [1.82, 2.24) is 19.6 Å². The second-order valence-corrected chi connectivity index (χ2v) is 7.75. The molecule has 0 unspecified atom stereocenters. The number of rotatable bonds is 5. The van der Waals surface area contributed by atoms with E-state index in [2.05, 4.69) is 15.5 Å². The third-order valence-electron chi connectivity index (χ3n) is 5.06. The minimum atomic E-state index is -4.63. The van der Waals surface area contributed by atoms with Crippen molar-refractivity contribution in [3.05, 3.63) is 82.4 Å². The summed E-state index contributed by atoms with van der Waals surface area (Å²) in [6.07, 6.45) is -3.08. The van der Waals surface area contributed by atoms with E-state index in [1.54, 1.807) is 30.5 Å². The van der Waals surface area contributed by atoms with Crippen molar-refractivity contribution in [2.45, 2.75) is 32.5 Å². The highest BCUT2D eigenvalue weighted by Gasteiger charge is 2.33. The van der Waals surface area contributed by atoms with Gasteiger partial charge in [0.15, 0.2) is 0 Å². The highest BCUT2D eigenvalue weighted by Crippen LogP contribution is 2.34. The molecule has 7 nitrogen and oxygen atoms in total. The van der Waals surface area contributed by atoms with Crippen molar-refractivity contribution >= 4 is 22.5 Å². The van der Waals surface area contributed by atoms with Gasteiger partial charge in [0.2, 0.25) is 5.91 Å². The fourth-order valence-corrected chi connectivity index (χ4v) is 3.56. The van der Waals surface area contributed by atoms with Gasteiger partial charge in [0.1, 0.15) is 12.1 Å². The number of aromatic nitrogens is 4. The molecule has 2 heterocycles. The molecule has 170 valence electrons. The predicted octanol–water partition coefficient (Wildman–Crippen LogP) is 4.36. The van der Waals surface area contributed by atoms with E-state index in [1.807, 2.05) is 19.9 Å². The lowest BCUT2D eigenvalue weighted by Crippen LogP contribution is -2.32. The van der Waals surface area contributed by atoms with Gasteiger partial charge in [0.05, 0.1) is 28.8 Å². The fourth-order valence-electron chi connectivity index (χ4n) is 3.56. The Labute approximate surface area is 186 Å². The second kappa shape index (κ2) is 8.53.